The summed E-state index contributed by atoms with van der Waals surface area (Å²) in [7, 11) is 0. The predicted molar refractivity (Wildman–Crippen MR) is 156 cm³/mol. The first-order valence-electron chi connectivity index (χ1n) is 14.0. The number of nitrogens with zero attached hydrogens (tertiary/aromatic N) is 5. The third-order valence-corrected chi connectivity index (χ3v) is 8.39. The summed E-state index contributed by atoms with van der Waals surface area (Å²) in [4.78, 5) is 32.3. The Labute approximate surface area is 249 Å². The molecule has 218 valence electrons. The predicted octanol–water partition coefficient (Wildman–Crippen LogP) is 4.96. The quantitative estimate of drug-likeness (QED) is 0.411. The van der Waals surface area contributed by atoms with E-state index in [4.69, 9.17) is 21.6 Å². The molecule has 2 fully saturated rings. The molecule has 2 aliphatic heterocycles. The largest absolute Gasteiger partial charge is 0.416 e. The Morgan fingerprint density at radius 1 is 1.10 bits per heavy atom. The molecular formula is C31H32ClFN6O3. The number of anilines is 1. The van der Waals surface area contributed by atoms with E-state index in [2.05, 4.69) is 20.4 Å². The molecule has 0 aliphatic carbocycles. The maximum Gasteiger partial charge on any atom is 0.416 e. The lowest BCUT2D eigenvalue weighted by Crippen LogP contribution is -2.65. The minimum atomic E-state index is -1.24. The zero-order chi connectivity index (χ0) is 29.9. The molecule has 0 saturated carbocycles. The van der Waals surface area contributed by atoms with Crippen molar-refractivity contribution in [2.45, 2.75) is 44.2 Å². The van der Waals surface area contributed by atoms with Gasteiger partial charge in [0, 0.05) is 49.1 Å². The number of carbonyl (C=O) groups excluding carboxylic acids is 2. The molecule has 1 aromatic heterocycles. The van der Waals surface area contributed by atoms with Gasteiger partial charge in [-0.1, -0.05) is 23.7 Å². The number of hydrogen-bond donors (Lipinski definition) is 1. The summed E-state index contributed by atoms with van der Waals surface area (Å²) >= 11 is 6.20. The number of amides is 1. The first-order chi connectivity index (χ1) is 20.2. The molecule has 0 spiro atoms. The fourth-order valence-electron chi connectivity index (χ4n) is 6.18. The number of Topliss-reactive ketones (excluding diaryl/α,β-unsaturated/α-hetero) is 1. The van der Waals surface area contributed by atoms with Gasteiger partial charge in [-0.15, -0.1) is 10.2 Å². The average molecular weight is 591 g/mol. The smallest absolute Gasteiger partial charge is 0.410 e. The van der Waals surface area contributed by atoms with E-state index in [0.29, 0.717) is 43.3 Å². The van der Waals surface area contributed by atoms with Crippen molar-refractivity contribution in [1.82, 2.24) is 20.4 Å². The van der Waals surface area contributed by atoms with Crippen LogP contribution in [0, 0.1) is 23.1 Å². The number of nitrogens with one attached hydrogen (secondary N) is 1. The summed E-state index contributed by atoms with van der Waals surface area (Å²) in [5.74, 6) is -0.288. The number of nitriles is 1. The van der Waals surface area contributed by atoms with Crippen molar-refractivity contribution in [3.8, 4) is 11.8 Å². The molecule has 5 rings (SSSR count). The molecule has 0 radical (unpaired) electrons. The number of benzene rings is 2. The molecule has 11 heteroatoms. The van der Waals surface area contributed by atoms with Gasteiger partial charge in [-0.2, -0.15) is 5.26 Å². The highest BCUT2D eigenvalue weighted by molar-refractivity contribution is 6.30. The molecule has 1 amide bonds. The highest BCUT2D eigenvalue weighted by atomic mass is 35.5. The van der Waals surface area contributed by atoms with Crippen molar-refractivity contribution in [3.63, 3.8) is 0 Å². The van der Waals surface area contributed by atoms with Crippen molar-refractivity contribution >= 4 is 29.3 Å². The molecule has 42 heavy (non-hydrogen) atoms. The summed E-state index contributed by atoms with van der Waals surface area (Å²) in [6.45, 7) is 5.63. The first kappa shape index (κ1) is 29.4. The van der Waals surface area contributed by atoms with Gasteiger partial charge in [-0.05, 0) is 80.8 Å². The van der Waals surface area contributed by atoms with E-state index >= 15 is 0 Å². The van der Waals surface area contributed by atoms with E-state index in [0.717, 1.165) is 5.56 Å². The Morgan fingerprint density at radius 2 is 1.79 bits per heavy atom. The van der Waals surface area contributed by atoms with Gasteiger partial charge in [0.15, 0.2) is 17.3 Å². The van der Waals surface area contributed by atoms with E-state index in [1.165, 1.54) is 24.3 Å². The Morgan fingerprint density at radius 3 is 2.38 bits per heavy atom. The van der Waals surface area contributed by atoms with Gasteiger partial charge in [0.05, 0.1) is 0 Å². The standard InChI is InChI=1S/C31H32ClFN6O3/c1-20(2)39(30(41)42-26-10-7-24(33)8-11-26)31(19-35-18-27(31)21-3-5-23(32)6-4-21)29(40)22-13-15-38(16-14-22)28-12-9-25(17-34)36-37-28/h3-12,20,22,27,35H,13-16,18-19H2,1-2H3/t27-,31+/m0/s1. The van der Waals surface area contributed by atoms with Gasteiger partial charge in [0.25, 0.3) is 0 Å². The van der Waals surface area contributed by atoms with Crippen molar-refractivity contribution in [1.29, 1.82) is 5.26 Å². The molecule has 0 bridgehead atoms. The summed E-state index contributed by atoms with van der Waals surface area (Å²) in [5.41, 5.74) is -0.0995. The van der Waals surface area contributed by atoms with Crippen LogP contribution in [-0.2, 0) is 4.79 Å². The number of ketones is 1. The average Bonchev–Trinajstić information content (AvgIpc) is 3.43. The number of rotatable bonds is 7. The Kier molecular flexibility index (Phi) is 8.71. The van der Waals surface area contributed by atoms with E-state index in [1.54, 1.807) is 29.2 Å². The lowest BCUT2D eigenvalue weighted by Gasteiger charge is -2.47. The van der Waals surface area contributed by atoms with Crippen LogP contribution in [0.5, 0.6) is 5.75 Å². The van der Waals surface area contributed by atoms with Crippen LogP contribution in [-0.4, -0.2) is 64.7 Å². The van der Waals surface area contributed by atoms with Gasteiger partial charge in [0.1, 0.15) is 23.2 Å². The monoisotopic (exact) mass is 590 g/mol. The molecule has 3 aromatic rings. The van der Waals surface area contributed by atoms with Crippen LogP contribution in [0.25, 0.3) is 0 Å². The Bertz CT molecular complexity index is 1450. The molecule has 1 N–H and O–H groups in total. The summed E-state index contributed by atoms with van der Waals surface area (Å²) in [5, 5.41) is 21.1. The molecular weight excluding hydrogens is 559 g/mol. The van der Waals surface area contributed by atoms with Crippen LogP contribution in [0.4, 0.5) is 15.0 Å². The van der Waals surface area contributed by atoms with Crippen LogP contribution in [0.15, 0.2) is 60.7 Å². The second-order valence-electron chi connectivity index (χ2n) is 11.0. The van der Waals surface area contributed by atoms with Crippen molar-refractivity contribution < 1.29 is 18.7 Å². The zero-order valence-electron chi connectivity index (χ0n) is 23.5. The summed E-state index contributed by atoms with van der Waals surface area (Å²) in [6, 6.07) is 17.6. The second kappa shape index (κ2) is 12.4. The fourth-order valence-corrected chi connectivity index (χ4v) is 6.31. The van der Waals surface area contributed by atoms with Crippen molar-refractivity contribution in [3.05, 3.63) is 82.8 Å². The number of carbonyl (C=O) groups is 2. The number of piperidine rings is 1. The first-order valence-corrected chi connectivity index (χ1v) is 14.4. The van der Waals surface area contributed by atoms with Gasteiger partial charge < -0.3 is 15.0 Å². The molecule has 2 aromatic carbocycles. The van der Waals surface area contributed by atoms with Gasteiger partial charge in [0.2, 0.25) is 0 Å². The highest BCUT2D eigenvalue weighted by Crippen LogP contribution is 2.43. The van der Waals surface area contributed by atoms with Crippen LogP contribution in [0.1, 0.15) is 43.9 Å². The molecule has 0 unspecified atom stereocenters. The summed E-state index contributed by atoms with van der Waals surface area (Å²) < 4.78 is 19.3. The lowest BCUT2D eigenvalue weighted by atomic mass is 9.71. The number of halogens is 2. The van der Waals surface area contributed by atoms with E-state index < -0.39 is 17.4 Å². The maximum absolute atomic E-state index is 14.8. The normalized spacial score (nSPS) is 20.8. The molecule has 2 aliphatic rings. The number of ether oxygens (including phenoxy) is 1. The van der Waals surface area contributed by atoms with E-state index in [9.17, 15) is 14.0 Å². The molecule has 2 atom stereocenters. The Balaban J connectivity index is 1.47. The zero-order valence-corrected chi connectivity index (χ0v) is 24.2. The van der Waals surface area contributed by atoms with Crippen LogP contribution < -0.4 is 15.0 Å². The molecule has 9 nitrogen and oxygen atoms in total. The van der Waals surface area contributed by atoms with Crippen LogP contribution >= 0.6 is 11.6 Å². The van der Waals surface area contributed by atoms with Crippen molar-refractivity contribution in [2.75, 3.05) is 31.1 Å². The number of hydrogen-bond acceptors (Lipinski definition) is 8. The molecule has 2 saturated heterocycles. The minimum Gasteiger partial charge on any atom is -0.410 e. The third kappa shape index (κ3) is 5.80. The van der Waals surface area contributed by atoms with Gasteiger partial charge >= 0.3 is 6.09 Å². The van der Waals surface area contributed by atoms with Crippen molar-refractivity contribution in [2.24, 2.45) is 5.92 Å². The molecule has 3 heterocycles. The third-order valence-electron chi connectivity index (χ3n) is 8.14. The second-order valence-corrected chi connectivity index (χ2v) is 11.4. The highest BCUT2D eigenvalue weighted by Gasteiger charge is 2.58. The Hall–Kier alpha value is -4.07. The fraction of sp³-hybridized carbons (Fsp3) is 0.387. The topological polar surface area (TPSA) is 111 Å². The maximum atomic E-state index is 14.8. The SMILES string of the molecule is CC(C)N(C(=O)Oc1ccc(F)cc1)[C@]1(C(=O)C2CCN(c3ccc(C#N)nn3)CC2)CNC[C@H]1c1ccc(Cl)cc1. The van der Waals surface area contributed by atoms with E-state index in [-0.39, 0.29) is 41.6 Å². The minimum absolute atomic E-state index is 0.0252. The number of aromatic nitrogens is 2. The van der Waals surface area contributed by atoms with Gasteiger partial charge in [-0.3, -0.25) is 9.69 Å². The lowest BCUT2D eigenvalue weighted by molar-refractivity contribution is -0.136. The van der Waals surface area contributed by atoms with Crippen LogP contribution in [0.3, 0.4) is 0 Å². The van der Waals surface area contributed by atoms with Gasteiger partial charge in [-0.25, -0.2) is 9.18 Å². The van der Waals surface area contributed by atoms with Crippen LogP contribution in [0.2, 0.25) is 5.02 Å². The van der Waals surface area contributed by atoms with E-state index in [1.807, 2.05) is 32.0 Å². The summed E-state index contributed by atoms with van der Waals surface area (Å²) in [6.07, 6.45) is 0.459.